The first-order valence-corrected chi connectivity index (χ1v) is 12.4. The number of imidazole rings is 1. The van der Waals surface area contributed by atoms with Gasteiger partial charge < -0.3 is 9.30 Å². The van der Waals surface area contributed by atoms with Crippen LogP contribution in [0, 0.1) is 11.3 Å². The molecule has 6 rings (SSSR count). The highest BCUT2D eigenvalue weighted by Crippen LogP contribution is 2.46. The Hall–Kier alpha value is -3.35. The Bertz CT molecular complexity index is 1290. The van der Waals surface area contributed by atoms with Crippen LogP contribution in [0.3, 0.4) is 0 Å². The van der Waals surface area contributed by atoms with Crippen LogP contribution in [0.2, 0.25) is 0 Å². The fourth-order valence-corrected chi connectivity index (χ4v) is 5.71. The highest BCUT2D eigenvalue weighted by Gasteiger charge is 2.47. The number of amides is 1. The lowest BCUT2D eigenvalue weighted by Crippen LogP contribution is -2.49. The second-order valence-electron chi connectivity index (χ2n) is 10.2. The molecule has 2 fully saturated rings. The number of aryl methyl sites for hydroxylation is 1. The van der Waals surface area contributed by atoms with Crippen molar-refractivity contribution in [2.75, 3.05) is 13.1 Å². The standard InChI is InChI=1S/C27H30N6O/c1-27(25(34)32-11-4-5-12-32)14-19(15-27)16-29-26-30-17-22-21(6-2-3-7-23(22)31-26)20-8-9-24-28-10-13-33(24)18-20/h6,8-10,13,16-19H,2-5,7,11-12,14-15H2,1H3/b29-16+. The number of carbonyl (C=O) groups is 1. The van der Waals surface area contributed by atoms with Gasteiger partial charge in [0.15, 0.2) is 0 Å². The van der Waals surface area contributed by atoms with Crippen LogP contribution in [-0.2, 0) is 11.2 Å². The zero-order chi connectivity index (χ0) is 23.1. The van der Waals surface area contributed by atoms with Gasteiger partial charge in [0.2, 0.25) is 11.9 Å². The Morgan fingerprint density at radius 1 is 1.18 bits per heavy atom. The average Bonchev–Trinajstić information content (AvgIpc) is 3.49. The van der Waals surface area contributed by atoms with E-state index in [4.69, 9.17) is 4.98 Å². The summed E-state index contributed by atoms with van der Waals surface area (Å²) in [5, 5.41) is 0. The zero-order valence-corrected chi connectivity index (χ0v) is 19.7. The molecule has 34 heavy (non-hydrogen) atoms. The van der Waals surface area contributed by atoms with Crippen molar-refractivity contribution in [1.29, 1.82) is 0 Å². The minimum atomic E-state index is -0.230. The predicted molar refractivity (Wildman–Crippen MR) is 132 cm³/mol. The largest absolute Gasteiger partial charge is 0.342 e. The molecule has 3 aliphatic rings. The Kier molecular flexibility index (Phi) is 5.27. The van der Waals surface area contributed by atoms with Crippen LogP contribution in [0.4, 0.5) is 5.95 Å². The van der Waals surface area contributed by atoms with Gasteiger partial charge >= 0.3 is 0 Å². The summed E-state index contributed by atoms with van der Waals surface area (Å²) in [6.07, 6.45) is 19.1. The van der Waals surface area contributed by atoms with Crippen molar-refractivity contribution >= 4 is 29.3 Å². The fraction of sp³-hybridized carbons (Fsp3) is 0.444. The van der Waals surface area contributed by atoms with Gasteiger partial charge in [-0.3, -0.25) is 4.79 Å². The number of hydrogen-bond acceptors (Lipinski definition) is 5. The molecule has 2 aliphatic carbocycles. The van der Waals surface area contributed by atoms with Gasteiger partial charge in [-0.1, -0.05) is 13.0 Å². The summed E-state index contributed by atoms with van der Waals surface area (Å²) in [4.78, 5) is 33.2. The summed E-state index contributed by atoms with van der Waals surface area (Å²) in [7, 11) is 0. The maximum absolute atomic E-state index is 12.8. The molecule has 1 saturated carbocycles. The average molecular weight is 455 g/mol. The molecule has 3 aromatic heterocycles. The van der Waals surface area contributed by atoms with E-state index in [-0.39, 0.29) is 5.41 Å². The first-order valence-electron chi connectivity index (χ1n) is 12.4. The molecule has 0 aromatic carbocycles. The van der Waals surface area contributed by atoms with E-state index in [0.717, 1.165) is 80.5 Å². The number of aliphatic imine (C=N–C) groups is 1. The Morgan fingerprint density at radius 3 is 2.88 bits per heavy atom. The maximum atomic E-state index is 12.8. The molecule has 7 nitrogen and oxygen atoms in total. The molecule has 174 valence electrons. The Balaban J connectivity index is 1.18. The molecular weight excluding hydrogens is 424 g/mol. The predicted octanol–water partition coefficient (Wildman–Crippen LogP) is 4.63. The van der Waals surface area contributed by atoms with Crippen molar-refractivity contribution in [3.05, 3.63) is 59.8 Å². The molecule has 1 amide bonds. The van der Waals surface area contributed by atoms with Gasteiger partial charge in [0, 0.05) is 55.1 Å². The van der Waals surface area contributed by atoms with Gasteiger partial charge in [-0.05, 0) is 74.1 Å². The van der Waals surface area contributed by atoms with Crippen molar-refractivity contribution < 1.29 is 4.79 Å². The molecule has 0 radical (unpaired) electrons. The van der Waals surface area contributed by atoms with Crippen molar-refractivity contribution in [1.82, 2.24) is 24.3 Å². The zero-order valence-electron chi connectivity index (χ0n) is 19.7. The van der Waals surface area contributed by atoms with E-state index in [2.05, 4.69) is 40.2 Å². The first-order chi connectivity index (χ1) is 16.6. The molecule has 0 bridgehead atoms. The van der Waals surface area contributed by atoms with Crippen LogP contribution < -0.4 is 0 Å². The number of nitrogens with zero attached hydrogens (tertiary/aromatic N) is 6. The van der Waals surface area contributed by atoms with Gasteiger partial charge in [0.25, 0.3) is 0 Å². The number of pyridine rings is 1. The van der Waals surface area contributed by atoms with Crippen LogP contribution in [0.5, 0.6) is 0 Å². The number of hydrogen-bond donors (Lipinski definition) is 0. The quantitative estimate of drug-likeness (QED) is 0.539. The van der Waals surface area contributed by atoms with Gasteiger partial charge in [-0.25, -0.2) is 19.9 Å². The van der Waals surface area contributed by atoms with Gasteiger partial charge in [-0.15, -0.1) is 0 Å². The lowest BCUT2D eigenvalue weighted by molar-refractivity contribution is -0.146. The smallest absolute Gasteiger partial charge is 0.249 e. The van der Waals surface area contributed by atoms with Crippen LogP contribution >= 0.6 is 0 Å². The third kappa shape index (κ3) is 3.83. The summed E-state index contributed by atoms with van der Waals surface area (Å²) in [5.74, 6) is 1.16. The Morgan fingerprint density at radius 2 is 2.03 bits per heavy atom. The SMILES string of the molecule is CC1(C(=O)N2CCCC2)CC(/C=N/c2ncc3c(n2)CCCC=C3c2ccc3nccn3c2)C1. The van der Waals surface area contributed by atoms with Crippen LogP contribution in [0.25, 0.3) is 11.2 Å². The molecule has 1 saturated heterocycles. The number of aromatic nitrogens is 4. The molecule has 1 aliphatic heterocycles. The third-order valence-electron chi connectivity index (χ3n) is 7.55. The van der Waals surface area contributed by atoms with Gasteiger partial charge in [0.1, 0.15) is 5.65 Å². The number of allylic oxidation sites excluding steroid dienone is 1. The monoisotopic (exact) mass is 454 g/mol. The first kappa shape index (κ1) is 21.2. The van der Waals surface area contributed by atoms with Gasteiger partial charge in [0.05, 0.1) is 5.69 Å². The molecule has 3 aromatic rings. The van der Waals surface area contributed by atoms with Crippen molar-refractivity contribution in [2.45, 2.75) is 51.9 Å². The molecule has 4 heterocycles. The lowest BCUT2D eigenvalue weighted by atomic mass is 9.63. The van der Waals surface area contributed by atoms with E-state index in [1.165, 1.54) is 5.57 Å². The van der Waals surface area contributed by atoms with E-state index in [1.807, 2.05) is 40.2 Å². The summed E-state index contributed by atoms with van der Waals surface area (Å²) < 4.78 is 2.04. The van der Waals surface area contributed by atoms with Crippen molar-refractivity contribution in [3.8, 4) is 0 Å². The molecule has 0 unspecified atom stereocenters. The second-order valence-corrected chi connectivity index (χ2v) is 10.2. The second kappa shape index (κ2) is 8.46. The molecule has 7 heteroatoms. The normalized spacial score (nSPS) is 24.7. The lowest BCUT2D eigenvalue weighted by Gasteiger charge is -2.44. The minimum absolute atomic E-state index is 0.230. The number of likely N-dealkylation sites (tertiary alicyclic amines) is 1. The van der Waals surface area contributed by atoms with Crippen LogP contribution in [-0.4, -0.2) is 49.5 Å². The molecule has 0 N–H and O–H groups in total. The highest BCUT2D eigenvalue weighted by atomic mass is 16.2. The highest BCUT2D eigenvalue weighted by molar-refractivity contribution is 5.85. The van der Waals surface area contributed by atoms with E-state index >= 15 is 0 Å². The van der Waals surface area contributed by atoms with Crippen molar-refractivity contribution in [3.63, 3.8) is 0 Å². The minimum Gasteiger partial charge on any atom is -0.342 e. The summed E-state index contributed by atoms with van der Waals surface area (Å²) >= 11 is 0. The van der Waals surface area contributed by atoms with Crippen LogP contribution in [0.15, 0.2) is 48.0 Å². The topological polar surface area (TPSA) is 75.8 Å². The van der Waals surface area contributed by atoms with E-state index < -0.39 is 0 Å². The summed E-state index contributed by atoms with van der Waals surface area (Å²) in [6, 6.07) is 4.16. The van der Waals surface area contributed by atoms with Crippen LogP contribution in [0.1, 0.15) is 62.3 Å². The number of fused-ring (bicyclic) bond motifs is 2. The number of carbonyl (C=O) groups excluding carboxylic acids is 1. The summed E-state index contributed by atoms with van der Waals surface area (Å²) in [5.41, 5.74) is 5.17. The van der Waals surface area contributed by atoms with Crippen molar-refractivity contribution in [2.24, 2.45) is 16.3 Å². The molecule has 0 spiro atoms. The molecular formula is C27H30N6O. The number of rotatable bonds is 4. The van der Waals surface area contributed by atoms with E-state index in [9.17, 15) is 4.79 Å². The maximum Gasteiger partial charge on any atom is 0.249 e. The molecule has 0 atom stereocenters. The summed E-state index contributed by atoms with van der Waals surface area (Å²) in [6.45, 7) is 3.94. The third-order valence-corrected chi connectivity index (χ3v) is 7.55. The fourth-order valence-electron chi connectivity index (χ4n) is 5.71. The van der Waals surface area contributed by atoms with Gasteiger partial charge in [-0.2, -0.15) is 0 Å². The van der Waals surface area contributed by atoms with E-state index in [0.29, 0.717) is 17.8 Å². The van der Waals surface area contributed by atoms with E-state index in [1.54, 1.807) is 0 Å². The Labute approximate surface area is 199 Å².